The maximum atomic E-state index is 13.0. The van der Waals surface area contributed by atoms with Gasteiger partial charge in [0.1, 0.15) is 5.82 Å². The summed E-state index contributed by atoms with van der Waals surface area (Å²) < 4.78 is 37.7. The van der Waals surface area contributed by atoms with E-state index in [-0.39, 0.29) is 29.9 Å². The first-order chi connectivity index (χ1) is 9.76. The molecule has 21 heavy (non-hydrogen) atoms. The van der Waals surface area contributed by atoms with E-state index >= 15 is 0 Å². The molecule has 0 saturated heterocycles. The third-order valence-electron chi connectivity index (χ3n) is 3.16. The van der Waals surface area contributed by atoms with E-state index in [1.54, 1.807) is 12.1 Å². The molecule has 1 unspecified atom stereocenters. The van der Waals surface area contributed by atoms with Crippen molar-refractivity contribution in [2.75, 3.05) is 19.3 Å². The van der Waals surface area contributed by atoms with Crippen LogP contribution in [-0.2, 0) is 14.8 Å². The van der Waals surface area contributed by atoms with Gasteiger partial charge in [-0.15, -0.1) is 0 Å². The number of benzene rings is 1. The van der Waals surface area contributed by atoms with Crippen LogP contribution in [0.4, 0.5) is 4.39 Å². The van der Waals surface area contributed by atoms with Crippen molar-refractivity contribution in [2.45, 2.75) is 19.8 Å². The average Bonchev–Trinajstić information content (AvgIpc) is 2.40. The van der Waals surface area contributed by atoms with Gasteiger partial charge in [0, 0.05) is 6.54 Å². The summed E-state index contributed by atoms with van der Waals surface area (Å²) in [5.74, 6) is -1.23. The van der Waals surface area contributed by atoms with Crippen molar-refractivity contribution in [3.8, 4) is 0 Å². The lowest BCUT2D eigenvalue weighted by molar-refractivity contribution is -0.123. The number of hydrogen-bond acceptors (Lipinski definition) is 3. The molecule has 0 aliphatic rings. The molecule has 2 N–H and O–H groups in total. The van der Waals surface area contributed by atoms with Gasteiger partial charge in [0.05, 0.1) is 11.7 Å². The number of amides is 1. The predicted molar refractivity (Wildman–Crippen MR) is 79.8 cm³/mol. The molecule has 1 amide bonds. The van der Waals surface area contributed by atoms with Crippen molar-refractivity contribution in [1.29, 1.82) is 0 Å². The summed E-state index contributed by atoms with van der Waals surface area (Å²) in [6.07, 6.45) is 0. The molecule has 1 aromatic carbocycles. The third kappa shape index (κ3) is 5.43. The second kappa shape index (κ2) is 7.51. The number of nitrogens with one attached hydrogen (secondary N) is 2. The maximum Gasteiger partial charge on any atom is 0.227 e. The monoisotopic (exact) mass is 316 g/mol. The third-order valence-corrected chi connectivity index (χ3v) is 4.52. The van der Waals surface area contributed by atoms with Crippen molar-refractivity contribution < 1.29 is 17.6 Å². The highest BCUT2D eigenvalue weighted by Crippen LogP contribution is 2.24. The van der Waals surface area contributed by atoms with Gasteiger partial charge in [0.25, 0.3) is 0 Å². The van der Waals surface area contributed by atoms with Gasteiger partial charge in [-0.3, -0.25) is 4.79 Å². The highest BCUT2D eigenvalue weighted by Gasteiger charge is 2.24. The minimum atomic E-state index is -3.35. The SMILES string of the molecule is CNS(=O)(=O)CCNC(=O)C(c1ccc(F)cc1)C(C)C. The first-order valence-electron chi connectivity index (χ1n) is 6.71. The van der Waals surface area contributed by atoms with Crippen LogP contribution in [-0.4, -0.2) is 33.7 Å². The van der Waals surface area contributed by atoms with Crippen LogP contribution in [0.3, 0.4) is 0 Å². The summed E-state index contributed by atoms with van der Waals surface area (Å²) in [7, 11) is -2.02. The highest BCUT2D eigenvalue weighted by molar-refractivity contribution is 7.89. The zero-order chi connectivity index (χ0) is 16.0. The second-order valence-electron chi connectivity index (χ2n) is 5.09. The topological polar surface area (TPSA) is 75.3 Å². The Bertz CT molecular complexity index is 570. The standard InChI is InChI=1S/C14H21FN2O3S/c1-10(2)13(11-4-6-12(15)7-5-11)14(18)17-8-9-21(19,20)16-3/h4-7,10,13,16H,8-9H2,1-3H3,(H,17,18). The number of hydrogen-bond donors (Lipinski definition) is 2. The van der Waals surface area contributed by atoms with Gasteiger partial charge in [-0.2, -0.15) is 0 Å². The number of rotatable bonds is 7. The van der Waals surface area contributed by atoms with E-state index in [9.17, 15) is 17.6 Å². The number of carbonyl (C=O) groups excluding carboxylic acids is 1. The number of sulfonamides is 1. The normalized spacial score (nSPS) is 13.2. The van der Waals surface area contributed by atoms with Gasteiger partial charge in [0.2, 0.25) is 15.9 Å². The van der Waals surface area contributed by atoms with Crippen molar-refractivity contribution in [2.24, 2.45) is 5.92 Å². The first kappa shape index (κ1) is 17.6. The summed E-state index contributed by atoms with van der Waals surface area (Å²) in [6, 6.07) is 5.76. The van der Waals surface area contributed by atoms with Crippen LogP contribution in [0.2, 0.25) is 0 Å². The molecular formula is C14H21FN2O3S. The van der Waals surface area contributed by atoms with E-state index < -0.39 is 15.9 Å². The van der Waals surface area contributed by atoms with Crippen LogP contribution in [0, 0.1) is 11.7 Å². The fourth-order valence-electron chi connectivity index (χ4n) is 2.03. The lowest BCUT2D eigenvalue weighted by Crippen LogP contribution is -2.37. The van der Waals surface area contributed by atoms with Crippen molar-refractivity contribution in [3.63, 3.8) is 0 Å². The minimum absolute atomic E-state index is 0.0105. The fourth-order valence-corrected chi connectivity index (χ4v) is 2.60. The molecule has 5 nitrogen and oxygen atoms in total. The molecule has 0 heterocycles. The molecule has 1 atom stereocenters. The van der Waals surface area contributed by atoms with E-state index in [4.69, 9.17) is 0 Å². The van der Waals surface area contributed by atoms with Crippen LogP contribution < -0.4 is 10.0 Å². The molecule has 1 aromatic rings. The first-order valence-corrected chi connectivity index (χ1v) is 8.36. The van der Waals surface area contributed by atoms with Gasteiger partial charge >= 0.3 is 0 Å². The van der Waals surface area contributed by atoms with Crippen LogP contribution in [0.1, 0.15) is 25.3 Å². The summed E-state index contributed by atoms with van der Waals surface area (Å²) in [4.78, 5) is 12.2. The quantitative estimate of drug-likeness (QED) is 0.794. The van der Waals surface area contributed by atoms with Gasteiger partial charge in [-0.25, -0.2) is 17.5 Å². The zero-order valence-electron chi connectivity index (χ0n) is 12.4. The van der Waals surface area contributed by atoms with E-state index in [2.05, 4.69) is 10.0 Å². The molecule has 0 spiro atoms. The molecule has 7 heteroatoms. The maximum absolute atomic E-state index is 13.0. The van der Waals surface area contributed by atoms with Gasteiger partial charge < -0.3 is 5.32 Å². The molecular weight excluding hydrogens is 295 g/mol. The van der Waals surface area contributed by atoms with E-state index in [0.717, 1.165) is 0 Å². The Morgan fingerprint density at radius 3 is 2.29 bits per heavy atom. The Morgan fingerprint density at radius 1 is 1.24 bits per heavy atom. The van der Waals surface area contributed by atoms with Crippen molar-refractivity contribution in [3.05, 3.63) is 35.6 Å². The molecule has 1 rings (SSSR count). The van der Waals surface area contributed by atoms with Crippen molar-refractivity contribution in [1.82, 2.24) is 10.0 Å². The lowest BCUT2D eigenvalue weighted by Gasteiger charge is -2.20. The number of carbonyl (C=O) groups is 1. The van der Waals surface area contributed by atoms with Gasteiger partial charge in [0.15, 0.2) is 0 Å². The summed E-state index contributed by atoms with van der Waals surface area (Å²) in [5.41, 5.74) is 0.709. The molecule has 0 radical (unpaired) electrons. The van der Waals surface area contributed by atoms with E-state index in [0.29, 0.717) is 5.56 Å². The predicted octanol–water partition coefficient (Wildman–Crippen LogP) is 1.23. The molecule has 0 aromatic heterocycles. The number of halogens is 1. The van der Waals surface area contributed by atoms with Crippen molar-refractivity contribution >= 4 is 15.9 Å². The Labute approximate surface area is 125 Å². The minimum Gasteiger partial charge on any atom is -0.354 e. The Balaban J connectivity index is 2.73. The molecule has 118 valence electrons. The molecule has 0 saturated carbocycles. The van der Waals surface area contributed by atoms with E-state index in [1.807, 2.05) is 13.8 Å². The highest BCUT2D eigenvalue weighted by atomic mass is 32.2. The largest absolute Gasteiger partial charge is 0.354 e. The van der Waals surface area contributed by atoms with E-state index in [1.165, 1.54) is 19.2 Å². The zero-order valence-corrected chi connectivity index (χ0v) is 13.2. The summed E-state index contributed by atoms with van der Waals surface area (Å²) >= 11 is 0. The summed E-state index contributed by atoms with van der Waals surface area (Å²) in [5, 5.41) is 2.62. The van der Waals surface area contributed by atoms with Crippen LogP contribution in [0.15, 0.2) is 24.3 Å². The Hall–Kier alpha value is -1.47. The summed E-state index contributed by atoms with van der Waals surface area (Å²) in [6.45, 7) is 3.81. The fraction of sp³-hybridized carbons (Fsp3) is 0.500. The second-order valence-corrected chi connectivity index (χ2v) is 7.13. The molecule has 0 fully saturated rings. The lowest BCUT2D eigenvalue weighted by atomic mass is 9.87. The van der Waals surface area contributed by atoms with Crippen LogP contribution in [0.5, 0.6) is 0 Å². The molecule has 0 bridgehead atoms. The van der Waals surface area contributed by atoms with Gasteiger partial charge in [-0.1, -0.05) is 26.0 Å². The smallest absolute Gasteiger partial charge is 0.227 e. The van der Waals surface area contributed by atoms with Gasteiger partial charge in [-0.05, 0) is 30.7 Å². The average molecular weight is 316 g/mol. The molecule has 0 aliphatic heterocycles. The molecule has 0 aliphatic carbocycles. The Morgan fingerprint density at radius 2 is 1.81 bits per heavy atom. The van der Waals surface area contributed by atoms with Crippen LogP contribution >= 0.6 is 0 Å². The van der Waals surface area contributed by atoms with Crippen LogP contribution in [0.25, 0.3) is 0 Å². The Kier molecular flexibility index (Phi) is 6.29.